The number of rotatable bonds is 6. The van der Waals surface area contributed by atoms with Gasteiger partial charge < -0.3 is 9.47 Å². The smallest absolute Gasteiger partial charge is 0.347 e. The van der Waals surface area contributed by atoms with E-state index in [9.17, 15) is 9.59 Å². The number of ether oxygens (including phenoxy) is 2. The molecule has 0 fully saturated rings. The molecule has 0 aromatic heterocycles. The zero-order valence-corrected chi connectivity index (χ0v) is 13.3. The van der Waals surface area contributed by atoms with Crippen LogP contribution in [-0.2, 0) is 4.79 Å². The summed E-state index contributed by atoms with van der Waals surface area (Å²) in [6, 6.07) is 15.4. The van der Waals surface area contributed by atoms with Gasteiger partial charge in [0.05, 0.1) is 5.92 Å². The van der Waals surface area contributed by atoms with E-state index in [0.29, 0.717) is 18.6 Å². The number of carbonyl (C=O) groups is 2. The van der Waals surface area contributed by atoms with E-state index in [1.165, 1.54) is 0 Å². The summed E-state index contributed by atoms with van der Waals surface area (Å²) in [6.45, 7) is 3.87. The molecule has 0 aliphatic rings. The van der Waals surface area contributed by atoms with E-state index in [1.807, 2.05) is 19.9 Å². The van der Waals surface area contributed by atoms with Crippen LogP contribution in [-0.4, -0.2) is 11.9 Å². The molecule has 2 rings (SSSR count). The normalized spacial score (nSPS) is 10.4. The summed E-state index contributed by atoms with van der Waals surface area (Å²) in [5.74, 6) is -0.378. The van der Waals surface area contributed by atoms with Gasteiger partial charge in [-0.1, -0.05) is 44.2 Å². The van der Waals surface area contributed by atoms with Crippen molar-refractivity contribution < 1.29 is 19.1 Å². The molecule has 2 aromatic carbocycles. The third-order valence-corrected chi connectivity index (χ3v) is 3.59. The topological polar surface area (TPSA) is 52.6 Å². The summed E-state index contributed by atoms with van der Waals surface area (Å²) in [5, 5.41) is 0. The number of hydrogen-bond donors (Lipinski definition) is 0. The fourth-order valence-electron chi connectivity index (χ4n) is 2.19. The van der Waals surface area contributed by atoms with E-state index in [-0.39, 0.29) is 23.2 Å². The van der Waals surface area contributed by atoms with Crippen LogP contribution in [0.1, 0.15) is 37.0 Å². The molecule has 0 saturated heterocycles. The van der Waals surface area contributed by atoms with Gasteiger partial charge in [0.2, 0.25) is 0 Å². The van der Waals surface area contributed by atoms with E-state index in [0.717, 1.165) is 0 Å². The molecule has 4 nitrogen and oxygen atoms in total. The number of esters is 2. The number of benzene rings is 2. The molecule has 0 amide bonds. The predicted molar refractivity (Wildman–Crippen MR) is 87.5 cm³/mol. The van der Waals surface area contributed by atoms with Crippen LogP contribution in [0.5, 0.6) is 11.5 Å². The lowest BCUT2D eigenvalue weighted by atomic mass is 10.0. The van der Waals surface area contributed by atoms with Crippen molar-refractivity contribution in [3.8, 4) is 11.5 Å². The number of hydrogen-bond acceptors (Lipinski definition) is 4. The van der Waals surface area contributed by atoms with Crippen LogP contribution in [0.15, 0.2) is 54.6 Å². The maximum absolute atomic E-state index is 12.3. The SMILES string of the molecule is CCC(CC)C(=O)Oc1ccccc1C(=O)Oc1ccccc1. The lowest BCUT2D eigenvalue weighted by Gasteiger charge is -2.14. The fraction of sp³-hybridized carbons (Fsp3) is 0.263. The Morgan fingerprint density at radius 1 is 0.870 bits per heavy atom. The van der Waals surface area contributed by atoms with Crippen LogP contribution in [0.25, 0.3) is 0 Å². The number of carbonyl (C=O) groups excluding carboxylic acids is 2. The van der Waals surface area contributed by atoms with Crippen LogP contribution in [0.3, 0.4) is 0 Å². The number of para-hydroxylation sites is 2. The Morgan fingerprint density at radius 2 is 1.48 bits per heavy atom. The Morgan fingerprint density at radius 3 is 2.13 bits per heavy atom. The summed E-state index contributed by atoms with van der Waals surface area (Å²) in [6.07, 6.45) is 1.40. The Labute approximate surface area is 136 Å². The minimum Gasteiger partial charge on any atom is -0.425 e. The monoisotopic (exact) mass is 312 g/mol. The van der Waals surface area contributed by atoms with Crippen LogP contribution >= 0.6 is 0 Å². The third-order valence-electron chi connectivity index (χ3n) is 3.59. The van der Waals surface area contributed by atoms with Crippen molar-refractivity contribution in [3.63, 3.8) is 0 Å². The van der Waals surface area contributed by atoms with E-state index < -0.39 is 5.97 Å². The maximum atomic E-state index is 12.3. The molecule has 4 heteroatoms. The van der Waals surface area contributed by atoms with E-state index in [4.69, 9.17) is 9.47 Å². The van der Waals surface area contributed by atoms with Crippen molar-refractivity contribution in [2.24, 2.45) is 5.92 Å². The molecule has 0 bridgehead atoms. The lowest BCUT2D eigenvalue weighted by molar-refractivity contribution is -0.139. The Balaban J connectivity index is 2.17. The molecule has 0 unspecified atom stereocenters. The minimum absolute atomic E-state index is 0.173. The highest BCUT2D eigenvalue weighted by molar-refractivity contribution is 5.95. The lowest BCUT2D eigenvalue weighted by Crippen LogP contribution is -2.21. The molecule has 23 heavy (non-hydrogen) atoms. The molecule has 0 heterocycles. The van der Waals surface area contributed by atoms with Gasteiger partial charge in [-0.3, -0.25) is 4.79 Å². The second-order valence-electron chi connectivity index (χ2n) is 5.13. The Kier molecular flexibility index (Phi) is 5.92. The van der Waals surface area contributed by atoms with Crippen molar-refractivity contribution in [3.05, 3.63) is 60.2 Å². The Hall–Kier alpha value is -2.62. The van der Waals surface area contributed by atoms with Gasteiger partial charge in [-0.25, -0.2) is 4.79 Å². The first kappa shape index (κ1) is 16.7. The van der Waals surface area contributed by atoms with Crippen molar-refractivity contribution in [2.45, 2.75) is 26.7 Å². The predicted octanol–water partition coefficient (Wildman–Crippen LogP) is 4.25. The average Bonchev–Trinajstić information content (AvgIpc) is 2.57. The average molecular weight is 312 g/mol. The first-order chi connectivity index (χ1) is 11.2. The molecule has 0 saturated carbocycles. The molecule has 2 aromatic rings. The van der Waals surface area contributed by atoms with Gasteiger partial charge in [-0.15, -0.1) is 0 Å². The van der Waals surface area contributed by atoms with Gasteiger partial charge in [0, 0.05) is 0 Å². The summed E-state index contributed by atoms with van der Waals surface area (Å²) < 4.78 is 10.7. The molecule has 0 aliphatic heterocycles. The molecular formula is C19H20O4. The zero-order chi connectivity index (χ0) is 16.7. The minimum atomic E-state index is -0.552. The van der Waals surface area contributed by atoms with Crippen molar-refractivity contribution in [2.75, 3.05) is 0 Å². The van der Waals surface area contributed by atoms with Crippen LogP contribution < -0.4 is 9.47 Å². The third kappa shape index (κ3) is 4.42. The first-order valence-corrected chi connectivity index (χ1v) is 7.73. The zero-order valence-electron chi connectivity index (χ0n) is 13.3. The quantitative estimate of drug-likeness (QED) is 0.591. The molecule has 0 N–H and O–H groups in total. The first-order valence-electron chi connectivity index (χ1n) is 7.73. The van der Waals surface area contributed by atoms with Gasteiger partial charge in [-0.05, 0) is 37.1 Å². The summed E-state index contributed by atoms with van der Waals surface area (Å²) >= 11 is 0. The molecule has 0 aliphatic carbocycles. The molecular weight excluding hydrogens is 292 g/mol. The maximum Gasteiger partial charge on any atom is 0.347 e. The van der Waals surface area contributed by atoms with E-state index in [2.05, 4.69) is 0 Å². The van der Waals surface area contributed by atoms with Gasteiger partial charge in [-0.2, -0.15) is 0 Å². The fourth-order valence-corrected chi connectivity index (χ4v) is 2.19. The van der Waals surface area contributed by atoms with E-state index in [1.54, 1.807) is 48.5 Å². The van der Waals surface area contributed by atoms with Gasteiger partial charge >= 0.3 is 11.9 Å². The largest absolute Gasteiger partial charge is 0.425 e. The van der Waals surface area contributed by atoms with Crippen LogP contribution in [0, 0.1) is 5.92 Å². The highest BCUT2D eigenvalue weighted by Gasteiger charge is 2.21. The molecule has 120 valence electrons. The van der Waals surface area contributed by atoms with E-state index >= 15 is 0 Å². The van der Waals surface area contributed by atoms with Gasteiger partial charge in [0.15, 0.2) is 0 Å². The van der Waals surface area contributed by atoms with Crippen molar-refractivity contribution in [1.82, 2.24) is 0 Å². The van der Waals surface area contributed by atoms with Crippen LogP contribution in [0.4, 0.5) is 0 Å². The molecule has 0 spiro atoms. The van der Waals surface area contributed by atoms with Crippen molar-refractivity contribution >= 4 is 11.9 Å². The second kappa shape index (κ2) is 8.13. The molecule has 0 atom stereocenters. The second-order valence-corrected chi connectivity index (χ2v) is 5.13. The van der Waals surface area contributed by atoms with Gasteiger partial charge in [0.1, 0.15) is 17.1 Å². The highest BCUT2D eigenvalue weighted by Crippen LogP contribution is 2.22. The van der Waals surface area contributed by atoms with Gasteiger partial charge in [0.25, 0.3) is 0 Å². The Bertz CT molecular complexity index is 660. The summed E-state index contributed by atoms with van der Waals surface area (Å²) in [7, 11) is 0. The van der Waals surface area contributed by atoms with Crippen LogP contribution in [0.2, 0.25) is 0 Å². The van der Waals surface area contributed by atoms with Crippen molar-refractivity contribution in [1.29, 1.82) is 0 Å². The molecule has 0 radical (unpaired) electrons. The highest BCUT2D eigenvalue weighted by atomic mass is 16.5. The summed E-state index contributed by atoms with van der Waals surface area (Å²) in [4.78, 5) is 24.4. The standard InChI is InChI=1S/C19H20O4/c1-3-14(4-2)18(20)23-17-13-9-8-12-16(17)19(21)22-15-10-6-5-7-11-15/h5-14H,3-4H2,1-2H3. The summed E-state index contributed by atoms with van der Waals surface area (Å²) in [5.41, 5.74) is 0.232.